The summed E-state index contributed by atoms with van der Waals surface area (Å²) >= 11 is 13.8. The van der Waals surface area contributed by atoms with Gasteiger partial charge >= 0.3 is 5.97 Å². The van der Waals surface area contributed by atoms with Crippen molar-refractivity contribution in [2.45, 2.75) is 19.9 Å². The van der Waals surface area contributed by atoms with E-state index < -0.39 is 12.0 Å². The lowest BCUT2D eigenvalue weighted by Gasteiger charge is -2.25. The summed E-state index contributed by atoms with van der Waals surface area (Å²) in [5.41, 5.74) is 1.45. The van der Waals surface area contributed by atoms with Crippen molar-refractivity contribution >= 4 is 46.6 Å². The van der Waals surface area contributed by atoms with Gasteiger partial charge in [0, 0.05) is 15.6 Å². The fraction of sp³-hybridized carbons (Fsp3) is 0.200. The van der Waals surface area contributed by atoms with Gasteiger partial charge in [0.15, 0.2) is 11.4 Å². The van der Waals surface area contributed by atoms with Crippen molar-refractivity contribution in [2.24, 2.45) is 4.99 Å². The minimum Gasteiger partial charge on any atom is -0.478 e. The molecule has 1 aromatic heterocycles. The number of ether oxygens (including phenoxy) is 2. The van der Waals surface area contributed by atoms with Crippen LogP contribution in [-0.4, -0.2) is 23.8 Å². The number of nitriles is 1. The summed E-state index contributed by atoms with van der Waals surface area (Å²) in [6.45, 7) is 3.44. The molecule has 0 radical (unpaired) electrons. The number of nitrogens with zero attached hydrogens (tertiary/aromatic N) is 3. The van der Waals surface area contributed by atoms with Crippen molar-refractivity contribution < 1.29 is 14.3 Å². The van der Waals surface area contributed by atoms with Gasteiger partial charge in [-0.2, -0.15) is 5.26 Å². The first kappa shape index (κ1) is 24.7. The Labute approximate surface area is 214 Å². The molecule has 0 N–H and O–H groups in total. The van der Waals surface area contributed by atoms with E-state index in [9.17, 15) is 9.59 Å². The van der Waals surface area contributed by atoms with Gasteiger partial charge in [-0.25, -0.2) is 9.79 Å². The molecular weight excluding hydrogens is 509 g/mol. The molecule has 1 atom stereocenters. The Hall–Kier alpha value is -3.38. The van der Waals surface area contributed by atoms with Crippen LogP contribution in [0.1, 0.15) is 31.0 Å². The second kappa shape index (κ2) is 10.5. The van der Waals surface area contributed by atoms with Gasteiger partial charge in [-0.05, 0) is 49.8 Å². The molecule has 0 spiro atoms. The van der Waals surface area contributed by atoms with Crippen LogP contribution in [0.4, 0.5) is 0 Å². The third-order valence-electron chi connectivity index (χ3n) is 5.27. The van der Waals surface area contributed by atoms with Gasteiger partial charge in [-0.3, -0.25) is 9.36 Å². The molecule has 0 amide bonds. The number of allylic oxidation sites excluding steroid dienone is 1. The maximum Gasteiger partial charge on any atom is 0.338 e. The average molecular weight is 528 g/mol. The molecule has 1 aliphatic heterocycles. The van der Waals surface area contributed by atoms with Crippen molar-refractivity contribution in [3.05, 3.63) is 94.6 Å². The zero-order valence-electron chi connectivity index (χ0n) is 18.7. The molecule has 0 bridgehead atoms. The fourth-order valence-electron chi connectivity index (χ4n) is 3.80. The van der Waals surface area contributed by atoms with Crippen LogP contribution in [0.3, 0.4) is 0 Å². The van der Waals surface area contributed by atoms with Gasteiger partial charge in [0.1, 0.15) is 17.9 Å². The lowest BCUT2D eigenvalue weighted by Crippen LogP contribution is -2.40. The number of benzene rings is 2. The highest BCUT2D eigenvalue weighted by atomic mass is 35.5. The number of rotatable bonds is 6. The second-order valence-corrected chi connectivity index (χ2v) is 9.31. The minimum atomic E-state index is -0.810. The first-order chi connectivity index (χ1) is 16.8. The number of carbonyl (C=O) groups excluding carboxylic acids is 1. The van der Waals surface area contributed by atoms with E-state index in [0.29, 0.717) is 42.0 Å². The van der Waals surface area contributed by atoms with E-state index in [1.54, 1.807) is 62.4 Å². The van der Waals surface area contributed by atoms with Crippen LogP contribution >= 0.6 is 34.5 Å². The number of esters is 1. The largest absolute Gasteiger partial charge is 0.478 e. The summed E-state index contributed by atoms with van der Waals surface area (Å²) in [4.78, 5) is 31.6. The molecule has 0 unspecified atom stereocenters. The predicted octanol–water partition coefficient (Wildman–Crippen LogP) is 4.01. The summed E-state index contributed by atoms with van der Waals surface area (Å²) in [5, 5.41) is 9.74. The topological polar surface area (TPSA) is 93.7 Å². The molecule has 2 aromatic carbocycles. The van der Waals surface area contributed by atoms with Gasteiger partial charge in [-0.15, -0.1) is 0 Å². The van der Waals surface area contributed by atoms with E-state index in [1.807, 2.05) is 6.07 Å². The molecule has 0 aliphatic carbocycles. The molecular formula is C25H19Cl2N3O4S. The summed E-state index contributed by atoms with van der Waals surface area (Å²) in [7, 11) is 0. The van der Waals surface area contributed by atoms with Crippen LogP contribution < -0.4 is 19.6 Å². The number of carbonyl (C=O) groups is 1. The first-order valence-electron chi connectivity index (χ1n) is 10.6. The Balaban J connectivity index is 1.97. The summed E-state index contributed by atoms with van der Waals surface area (Å²) in [6, 6.07) is 13.1. The van der Waals surface area contributed by atoms with Gasteiger partial charge < -0.3 is 9.47 Å². The average Bonchev–Trinajstić information content (AvgIpc) is 3.12. The van der Waals surface area contributed by atoms with Crippen LogP contribution in [0.5, 0.6) is 5.75 Å². The monoisotopic (exact) mass is 527 g/mol. The maximum atomic E-state index is 13.7. The lowest BCUT2D eigenvalue weighted by molar-refractivity contribution is -0.139. The quantitative estimate of drug-likeness (QED) is 0.451. The zero-order chi connectivity index (χ0) is 25.1. The fourth-order valence-corrected chi connectivity index (χ4v) is 5.25. The number of thiazole rings is 1. The summed E-state index contributed by atoms with van der Waals surface area (Å²) < 4.78 is 12.6. The van der Waals surface area contributed by atoms with E-state index in [0.717, 1.165) is 0 Å². The maximum absolute atomic E-state index is 13.7. The van der Waals surface area contributed by atoms with Crippen molar-refractivity contribution in [1.29, 1.82) is 5.26 Å². The Bertz CT molecular complexity index is 1570. The summed E-state index contributed by atoms with van der Waals surface area (Å²) in [6.07, 6.45) is 1.63. The molecule has 3 aromatic rings. The molecule has 2 heterocycles. The van der Waals surface area contributed by atoms with Gasteiger partial charge in [0.2, 0.25) is 0 Å². The highest BCUT2D eigenvalue weighted by Crippen LogP contribution is 2.34. The van der Waals surface area contributed by atoms with E-state index in [2.05, 4.69) is 4.99 Å². The number of hydrogen-bond acceptors (Lipinski definition) is 7. The molecule has 0 fully saturated rings. The lowest BCUT2D eigenvalue weighted by atomic mass is 9.96. The van der Waals surface area contributed by atoms with E-state index >= 15 is 0 Å². The molecule has 0 saturated heterocycles. The zero-order valence-corrected chi connectivity index (χ0v) is 21.1. The first-order valence-corrected chi connectivity index (χ1v) is 12.2. The molecule has 1 aliphatic rings. The number of hydrogen-bond donors (Lipinski definition) is 0. The number of fused-ring (bicyclic) bond motifs is 1. The Morgan fingerprint density at radius 3 is 2.77 bits per heavy atom. The van der Waals surface area contributed by atoms with E-state index in [1.165, 1.54) is 15.9 Å². The Morgan fingerprint density at radius 2 is 2.06 bits per heavy atom. The summed E-state index contributed by atoms with van der Waals surface area (Å²) in [5.74, 6) is -0.150. The van der Waals surface area contributed by atoms with Crippen molar-refractivity contribution in [3.63, 3.8) is 0 Å². The minimum absolute atomic E-state index is 0.154. The molecule has 0 saturated carbocycles. The molecule has 35 heavy (non-hydrogen) atoms. The normalized spacial score (nSPS) is 15.3. The molecule has 4 rings (SSSR count). The van der Waals surface area contributed by atoms with Crippen molar-refractivity contribution in [2.75, 3.05) is 13.2 Å². The van der Waals surface area contributed by atoms with Gasteiger partial charge in [-0.1, -0.05) is 52.7 Å². The van der Waals surface area contributed by atoms with E-state index in [-0.39, 0.29) is 24.3 Å². The van der Waals surface area contributed by atoms with Crippen LogP contribution in [0, 0.1) is 11.3 Å². The smallest absolute Gasteiger partial charge is 0.338 e. The van der Waals surface area contributed by atoms with Crippen molar-refractivity contribution in [1.82, 2.24) is 4.57 Å². The SMILES string of the molecule is CCOC(=O)C1=C(C)N=c2s/c(=C\c3cc(Cl)ccc3OCC#N)c(=O)n2[C@H]1c1ccccc1Cl. The predicted molar refractivity (Wildman–Crippen MR) is 134 cm³/mol. The highest BCUT2D eigenvalue weighted by Gasteiger charge is 2.34. The van der Waals surface area contributed by atoms with Gasteiger partial charge in [0.05, 0.1) is 22.4 Å². The third-order valence-corrected chi connectivity index (χ3v) is 6.83. The number of halogens is 2. The third kappa shape index (κ3) is 4.89. The van der Waals surface area contributed by atoms with Crippen LogP contribution in [-0.2, 0) is 9.53 Å². The molecule has 10 heteroatoms. The van der Waals surface area contributed by atoms with Gasteiger partial charge in [0.25, 0.3) is 5.56 Å². The standard InChI is InChI=1S/C25H19Cl2N3O4S/c1-3-33-24(32)21-14(2)29-25-30(22(21)17-6-4-5-7-18(17)27)23(31)20(35-25)13-15-12-16(26)8-9-19(15)34-11-10-28/h4-9,12-13,22H,3,11H2,1-2H3/b20-13-/t22-/m0/s1. The molecule has 7 nitrogen and oxygen atoms in total. The number of aromatic nitrogens is 1. The molecule has 178 valence electrons. The van der Waals surface area contributed by atoms with Crippen LogP contribution in [0.15, 0.2) is 63.5 Å². The second-order valence-electron chi connectivity index (χ2n) is 7.45. The van der Waals surface area contributed by atoms with Crippen LogP contribution in [0.25, 0.3) is 6.08 Å². The highest BCUT2D eigenvalue weighted by molar-refractivity contribution is 7.07. The van der Waals surface area contributed by atoms with Crippen molar-refractivity contribution in [3.8, 4) is 11.8 Å². The Morgan fingerprint density at radius 1 is 1.29 bits per heavy atom. The van der Waals surface area contributed by atoms with Crippen LogP contribution in [0.2, 0.25) is 10.0 Å². The Kier molecular flexibility index (Phi) is 7.41. The van der Waals surface area contributed by atoms with E-state index in [4.69, 9.17) is 37.9 Å².